The molecule has 2 N–H and O–H groups in total. The average Bonchev–Trinajstić information content (AvgIpc) is 3.03. The van der Waals surface area contributed by atoms with Gasteiger partial charge in [0.05, 0.1) is 34.0 Å². The van der Waals surface area contributed by atoms with E-state index in [1.165, 1.54) is 4.90 Å². The molecule has 128 valence electrons. The van der Waals surface area contributed by atoms with E-state index in [1.54, 1.807) is 0 Å². The fraction of sp³-hybridized carbons (Fsp3) is 0.278. The molecule has 1 aliphatic heterocycles. The number of anilines is 1. The first-order valence-corrected chi connectivity index (χ1v) is 8.56. The minimum atomic E-state index is -0.933. The van der Waals surface area contributed by atoms with Crippen molar-refractivity contribution >= 4 is 34.4 Å². The Morgan fingerprint density at radius 3 is 2.96 bits per heavy atom. The van der Waals surface area contributed by atoms with Crippen LogP contribution >= 0.6 is 11.6 Å². The standard InChI is InChI=1S/C18H17ClN4O2/c1-10(17-21-13-5-4-11(19)9-15(13)22-17)12-6-7-16-14(20-12)3-2-8-23(16)18(24)25/h4-7,9-10H,2-3,8H2,1H3,(H,21,22)(H,24,25)/t10-/m1/s1. The number of hydrogen-bond acceptors (Lipinski definition) is 3. The maximum Gasteiger partial charge on any atom is 0.411 e. The van der Waals surface area contributed by atoms with Gasteiger partial charge in [-0.1, -0.05) is 11.6 Å². The van der Waals surface area contributed by atoms with E-state index in [1.807, 2.05) is 37.3 Å². The van der Waals surface area contributed by atoms with Crippen molar-refractivity contribution in [2.45, 2.75) is 25.7 Å². The van der Waals surface area contributed by atoms with Crippen LogP contribution in [-0.2, 0) is 6.42 Å². The number of imidazole rings is 1. The van der Waals surface area contributed by atoms with Crippen LogP contribution in [0.5, 0.6) is 0 Å². The van der Waals surface area contributed by atoms with Crippen molar-refractivity contribution in [3.05, 3.63) is 52.6 Å². The summed E-state index contributed by atoms with van der Waals surface area (Å²) in [6.45, 7) is 2.55. The van der Waals surface area contributed by atoms with Gasteiger partial charge in [0.25, 0.3) is 0 Å². The summed E-state index contributed by atoms with van der Waals surface area (Å²) in [6.07, 6.45) is 0.639. The van der Waals surface area contributed by atoms with Crippen LogP contribution in [0.4, 0.5) is 10.5 Å². The molecular formula is C18H17ClN4O2. The summed E-state index contributed by atoms with van der Waals surface area (Å²) in [4.78, 5) is 25.4. The highest BCUT2D eigenvalue weighted by atomic mass is 35.5. The maximum absolute atomic E-state index is 11.4. The van der Waals surface area contributed by atoms with Crippen LogP contribution in [0.25, 0.3) is 11.0 Å². The molecule has 0 bridgehead atoms. The second-order valence-electron chi connectivity index (χ2n) is 6.24. The quantitative estimate of drug-likeness (QED) is 0.721. The molecule has 4 rings (SSSR count). The molecule has 7 heteroatoms. The summed E-state index contributed by atoms with van der Waals surface area (Å²) in [6, 6.07) is 9.28. The molecule has 0 fully saturated rings. The van der Waals surface area contributed by atoms with Gasteiger partial charge in [-0.15, -0.1) is 0 Å². The summed E-state index contributed by atoms with van der Waals surface area (Å²) in [5.74, 6) is 0.785. The van der Waals surface area contributed by atoms with E-state index in [4.69, 9.17) is 16.6 Å². The molecule has 0 saturated carbocycles. The molecule has 0 saturated heterocycles. The molecule has 1 amide bonds. The Hall–Kier alpha value is -2.60. The summed E-state index contributed by atoms with van der Waals surface area (Å²) in [5.41, 5.74) is 4.14. The van der Waals surface area contributed by atoms with Crippen molar-refractivity contribution in [3.8, 4) is 0 Å². The lowest BCUT2D eigenvalue weighted by molar-refractivity contribution is 0.201. The average molecular weight is 357 g/mol. The minimum Gasteiger partial charge on any atom is -0.465 e. The van der Waals surface area contributed by atoms with E-state index in [9.17, 15) is 9.90 Å². The number of amides is 1. The number of H-pyrrole nitrogens is 1. The van der Waals surface area contributed by atoms with E-state index < -0.39 is 6.09 Å². The predicted octanol–water partition coefficient (Wildman–Crippen LogP) is 4.19. The second kappa shape index (κ2) is 6.04. The Balaban J connectivity index is 1.70. The van der Waals surface area contributed by atoms with Crippen LogP contribution in [0.2, 0.25) is 5.02 Å². The lowest BCUT2D eigenvalue weighted by Crippen LogP contribution is -2.34. The van der Waals surface area contributed by atoms with Crippen molar-refractivity contribution in [1.29, 1.82) is 0 Å². The van der Waals surface area contributed by atoms with E-state index in [-0.39, 0.29) is 5.92 Å². The van der Waals surface area contributed by atoms with Crippen LogP contribution in [-0.4, -0.2) is 32.7 Å². The smallest absolute Gasteiger partial charge is 0.411 e. The molecule has 0 aliphatic carbocycles. The van der Waals surface area contributed by atoms with Gasteiger partial charge >= 0.3 is 6.09 Å². The highest BCUT2D eigenvalue weighted by molar-refractivity contribution is 6.31. The van der Waals surface area contributed by atoms with Crippen molar-refractivity contribution in [2.24, 2.45) is 0 Å². The number of carboxylic acid groups (broad SMARTS) is 1. The molecule has 25 heavy (non-hydrogen) atoms. The fourth-order valence-electron chi connectivity index (χ4n) is 3.25. The van der Waals surface area contributed by atoms with Gasteiger partial charge in [0.15, 0.2) is 0 Å². The third-order valence-corrected chi connectivity index (χ3v) is 4.84. The normalized spacial score (nSPS) is 15.2. The number of nitrogens with zero attached hydrogens (tertiary/aromatic N) is 3. The number of halogens is 1. The Morgan fingerprint density at radius 1 is 1.32 bits per heavy atom. The third-order valence-electron chi connectivity index (χ3n) is 4.60. The zero-order chi connectivity index (χ0) is 17.6. The first-order valence-electron chi connectivity index (χ1n) is 8.18. The largest absolute Gasteiger partial charge is 0.465 e. The summed E-state index contributed by atoms with van der Waals surface area (Å²) in [7, 11) is 0. The highest BCUT2D eigenvalue weighted by Gasteiger charge is 2.24. The molecule has 1 aromatic carbocycles. The topological polar surface area (TPSA) is 82.1 Å². The number of aromatic amines is 1. The van der Waals surface area contributed by atoms with Gasteiger partial charge in [-0.3, -0.25) is 9.88 Å². The number of benzene rings is 1. The molecular weight excluding hydrogens is 340 g/mol. The molecule has 0 spiro atoms. The van der Waals surface area contributed by atoms with Gasteiger partial charge in [-0.05, 0) is 50.1 Å². The molecule has 2 aromatic heterocycles. The summed E-state index contributed by atoms with van der Waals surface area (Å²) in [5, 5.41) is 9.98. The SMILES string of the molecule is C[C@H](c1ccc2c(n1)CCCN2C(=O)O)c1nc2ccc(Cl)cc2[nH]1. The molecule has 6 nitrogen and oxygen atoms in total. The first kappa shape index (κ1) is 15.9. The minimum absolute atomic E-state index is 0.0309. The summed E-state index contributed by atoms with van der Waals surface area (Å²) < 4.78 is 0. The number of pyridine rings is 1. The second-order valence-corrected chi connectivity index (χ2v) is 6.68. The Bertz CT molecular complexity index is 969. The van der Waals surface area contributed by atoms with Crippen molar-refractivity contribution in [2.75, 3.05) is 11.4 Å². The lowest BCUT2D eigenvalue weighted by Gasteiger charge is -2.26. The van der Waals surface area contributed by atoms with Gasteiger partial charge < -0.3 is 10.1 Å². The number of rotatable bonds is 2. The number of aryl methyl sites for hydroxylation is 1. The van der Waals surface area contributed by atoms with Crippen molar-refractivity contribution in [3.63, 3.8) is 0 Å². The first-order chi connectivity index (χ1) is 12.0. The molecule has 1 atom stereocenters. The molecule has 3 heterocycles. The van der Waals surface area contributed by atoms with Crippen molar-refractivity contribution < 1.29 is 9.90 Å². The number of fused-ring (bicyclic) bond motifs is 2. The van der Waals surface area contributed by atoms with E-state index in [0.717, 1.165) is 41.1 Å². The van der Waals surface area contributed by atoms with Crippen LogP contribution < -0.4 is 4.90 Å². The number of aromatic nitrogens is 3. The predicted molar refractivity (Wildman–Crippen MR) is 96.5 cm³/mol. The summed E-state index contributed by atoms with van der Waals surface area (Å²) >= 11 is 6.03. The Morgan fingerprint density at radius 2 is 2.16 bits per heavy atom. The van der Waals surface area contributed by atoms with Gasteiger partial charge in [0.1, 0.15) is 5.82 Å². The fourth-order valence-corrected chi connectivity index (χ4v) is 3.42. The zero-order valence-corrected chi connectivity index (χ0v) is 14.4. The van der Waals surface area contributed by atoms with E-state index >= 15 is 0 Å². The zero-order valence-electron chi connectivity index (χ0n) is 13.7. The highest BCUT2D eigenvalue weighted by Crippen LogP contribution is 2.30. The Kier molecular flexibility index (Phi) is 3.84. The van der Waals surface area contributed by atoms with Gasteiger partial charge in [0, 0.05) is 11.6 Å². The molecule has 0 radical (unpaired) electrons. The third kappa shape index (κ3) is 2.82. The molecule has 3 aromatic rings. The molecule has 0 unspecified atom stereocenters. The van der Waals surface area contributed by atoms with Crippen LogP contribution in [0.1, 0.15) is 36.5 Å². The van der Waals surface area contributed by atoms with E-state index in [2.05, 4.69) is 9.97 Å². The van der Waals surface area contributed by atoms with E-state index in [0.29, 0.717) is 17.3 Å². The van der Waals surface area contributed by atoms with Crippen LogP contribution in [0.15, 0.2) is 30.3 Å². The van der Waals surface area contributed by atoms with Crippen LogP contribution in [0, 0.1) is 0 Å². The van der Waals surface area contributed by atoms with Gasteiger partial charge in [0.2, 0.25) is 0 Å². The maximum atomic E-state index is 11.4. The number of carbonyl (C=O) groups is 1. The monoisotopic (exact) mass is 356 g/mol. The van der Waals surface area contributed by atoms with Crippen molar-refractivity contribution in [1.82, 2.24) is 15.0 Å². The lowest BCUT2D eigenvalue weighted by atomic mass is 10.0. The number of hydrogen-bond donors (Lipinski definition) is 2. The van der Waals surface area contributed by atoms with Crippen LogP contribution in [0.3, 0.4) is 0 Å². The molecule has 1 aliphatic rings. The van der Waals surface area contributed by atoms with Gasteiger partial charge in [-0.2, -0.15) is 0 Å². The number of nitrogens with one attached hydrogen (secondary N) is 1. The Labute approximate surface area is 149 Å². The van der Waals surface area contributed by atoms with Gasteiger partial charge in [-0.25, -0.2) is 9.78 Å².